The third-order valence-corrected chi connectivity index (χ3v) is 3.08. The van der Waals surface area contributed by atoms with Gasteiger partial charge in [-0.1, -0.05) is 23.4 Å². The molecule has 1 amide bonds. The molecule has 0 saturated heterocycles. The zero-order valence-corrected chi connectivity index (χ0v) is 12.0. The standard InChI is InChI=1S/C14H13ClN4O2/c1-10(19-9-16-8-17-19)14(21)18-13-7-11(3-2-6-20)4-5-12(13)15/h4-5,7-10,20H,6H2,1H3,(H,18,21). The Kier molecular flexibility index (Phi) is 4.93. The lowest BCUT2D eigenvalue weighted by atomic mass is 10.2. The lowest BCUT2D eigenvalue weighted by molar-refractivity contribution is -0.119. The summed E-state index contributed by atoms with van der Waals surface area (Å²) in [5.41, 5.74) is 1.11. The van der Waals surface area contributed by atoms with Gasteiger partial charge in [-0.3, -0.25) is 4.79 Å². The summed E-state index contributed by atoms with van der Waals surface area (Å²) in [5.74, 6) is 5.02. The van der Waals surface area contributed by atoms with E-state index in [1.54, 1.807) is 25.1 Å². The summed E-state index contributed by atoms with van der Waals surface area (Å²) < 4.78 is 1.44. The van der Waals surface area contributed by atoms with Crippen LogP contribution in [0, 0.1) is 11.8 Å². The largest absolute Gasteiger partial charge is 0.384 e. The molecule has 1 heterocycles. The number of aromatic nitrogens is 3. The van der Waals surface area contributed by atoms with Gasteiger partial charge in [0.15, 0.2) is 0 Å². The Morgan fingerprint density at radius 2 is 2.38 bits per heavy atom. The Balaban J connectivity index is 2.16. The molecule has 0 radical (unpaired) electrons. The predicted molar refractivity (Wildman–Crippen MR) is 78.8 cm³/mol. The highest BCUT2D eigenvalue weighted by Crippen LogP contribution is 2.23. The van der Waals surface area contributed by atoms with Crippen LogP contribution < -0.4 is 5.32 Å². The maximum Gasteiger partial charge on any atom is 0.249 e. The summed E-state index contributed by atoms with van der Waals surface area (Å²) in [6, 6.07) is 4.48. The van der Waals surface area contributed by atoms with Gasteiger partial charge < -0.3 is 10.4 Å². The van der Waals surface area contributed by atoms with Crippen LogP contribution in [0.15, 0.2) is 30.9 Å². The molecular weight excluding hydrogens is 292 g/mol. The molecule has 1 unspecified atom stereocenters. The second-order valence-corrected chi connectivity index (χ2v) is 4.60. The van der Waals surface area contributed by atoms with Crippen molar-refractivity contribution in [1.82, 2.24) is 14.8 Å². The van der Waals surface area contributed by atoms with Crippen molar-refractivity contribution in [2.24, 2.45) is 0 Å². The van der Waals surface area contributed by atoms with Crippen molar-refractivity contribution in [2.75, 3.05) is 11.9 Å². The molecule has 108 valence electrons. The molecule has 1 aromatic carbocycles. The molecule has 0 saturated carbocycles. The third-order valence-electron chi connectivity index (χ3n) is 2.75. The highest BCUT2D eigenvalue weighted by Gasteiger charge is 2.16. The number of nitrogens with zero attached hydrogens (tertiary/aromatic N) is 3. The molecule has 0 spiro atoms. The lowest BCUT2D eigenvalue weighted by Crippen LogP contribution is -2.24. The Morgan fingerprint density at radius 1 is 1.57 bits per heavy atom. The maximum absolute atomic E-state index is 12.2. The molecule has 0 aliphatic carbocycles. The molecule has 2 N–H and O–H groups in total. The zero-order chi connectivity index (χ0) is 15.2. The number of aliphatic hydroxyl groups is 1. The van der Waals surface area contributed by atoms with E-state index in [0.717, 1.165) is 0 Å². The number of hydrogen-bond donors (Lipinski definition) is 2. The first kappa shape index (κ1) is 15.0. The Bertz CT molecular complexity index is 689. The van der Waals surface area contributed by atoms with Gasteiger partial charge in [0.1, 0.15) is 25.3 Å². The van der Waals surface area contributed by atoms with Crippen LogP contribution >= 0.6 is 11.6 Å². The zero-order valence-electron chi connectivity index (χ0n) is 11.2. The Morgan fingerprint density at radius 3 is 3.05 bits per heavy atom. The molecule has 0 bridgehead atoms. The fourth-order valence-electron chi connectivity index (χ4n) is 1.62. The van der Waals surface area contributed by atoms with Crippen molar-refractivity contribution < 1.29 is 9.90 Å². The SMILES string of the molecule is CC(C(=O)Nc1cc(C#CCO)ccc1Cl)n1cncn1. The second kappa shape index (κ2) is 6.88. The van der Waals surface area contributed by atoms with Crippen LogP contribution in [0.5, 0.6) is 0 Å². The normalized spacial score (nSPS) is 11.4. The number of halogens is 1. The van der Waals surface area contributed by atoms with Gasteiger partial charge in [0.05, 0.1) is 10.7 Å². The minimum atomic E-state index is -0.518. The predicted octanol–water partition coefficient (Wildman–Crippen LogP) is 1.47. The van der Waals surface area contributed by atoms with Crippen molar-refractivity contribution in [3.05, 3.63) is 41.4 Å². The van der Waals surface area contributed by atoms with E-state index in [9.17, 15) is 4.79 Å². The number of nitrogens with one attached hydrogen (secondary N) is 1. The molecular formula is C14H13ClN4O2. The fourth-order valence-corrected chi connectivity index (χ4v) is 1.78. The van der Waals surface area contributed by atoms with Gasteiger partial charge >= 0.3 is 0 Å². The summed E-state index contributed by atoms with van der Waals surface area (Å²) in [4.78, 5) is 16.0. The number of amides is 1. The van der Waals surface area contributed by atoms with Crippen LogP contribution in [-0.2, 0) is 4.79 Å². The summed E-state index contributed by atoms with van der Waals surface area (Å²) in [6.45, 7) is 1.47. The van der Waals surface area contributed by atoms with Crippen molar-refractivity contribution in [2.45, 2.75) is 13.0 Å². The molecule has 0 aliphatic heterocycles. The molecule has 0 fully saturated rings. The monoisotopic (exact) mass is 304 g/mol. The summed E-state index contributed by atoms with van der Waals surface area (Å²) in [5, 5.41) is 15.7. The van der Waals surface area contributed by atoms with E-state index in [0.29, 0.717) is 16.3 Å². The van der Waals surface area contributed by atoms with Crippen molar-refractivity contribution >= 4 is 23.2 Å². The van der Waals surface area contributed by atoms with E-state index in [-0.39, 0.29) is 12.5 Å². The number of carbonyl (C=O) groups excluding carboxylic acids is 1. The Hall–Kier alpha value is -2.36. The highest BCUT2D eigenvalue weighted by molar-refractivity contribution is 6.33. The third kappa shape index (κ3) is 3.81. The van der Waals surface area contributed by atoms with Crippen molar-refractivity contribution in [1.29, 1.82) is 0 Å². The summed E-state index contributed by atoms with van der Waals surface area (Å²) >= 11 is 6.06. The van der Waals surface area contributed by atoms with Gasteiger partial charge in [0, 0.05) is 5.56 Å². The number of carbonyl (C=O) groups is 1. The highest BCUT2D eigenvalue weighted by atomic mass is 35.5. The number of anilines is 1. The number of rotatable bonds is 3. The van der Waals surface area contributed by atoms with Gasteiger partial charge in [0.25, 0.3) is 0 Å². The van der Waals surface area contributed by atoms with Crippen LogP contribution in [0.4, 0.5) is 5.69 Å². The molecule has 21 heavy (non-hydrogen) atoms. The molecule has 2 rings (SSSR count). The average Bonchev–Trinajstić information content (AvgIpc) is 3.01. The van der Waals surface area contributed by atoms with Gasteiger partial charge in [-0.15, -0.1) is 0 Å². The van der Waals surface area contributed by atoms with Gasteiger partial charge in [-0.05, 0) is 25.1 Å². The van der Waals surface area contributed by atoms with Crippen molar-refractivity contribution in [3.63, 3.8) is 0 Å². The molecule has 0 aliphatic rings. The van der Waals surface area contributed by atoms with Crippen LogP contribution in [0.25, 0.3) is 0 Å². The van der Waals surface area contributed by atoms with Gasteiger partial charge in [-0.2, -0.15) is 5.10 Å². The van der Waals surface area contributed by atoms with Crippen LogP contribution in [-0.4, -0.2) is 32.4 Å². The number of hydrogen-bond acceptors (Lipinski definition) is 4. The fraction of sp³-hybridized carbons (Fsp3) is 0.214. The first-order valence-electron chi connectivity index (χ1n) is 6.16. The first-order valence-corrected chi connectivity index (χ1v) is 6.54. The number of aliphatic hydroxyl groups excluding tert-OH is 1. The smallest absolute Gasteiger partial charge is 0.249 e. The quantitative estimate of drug-likeness (QED) is 0.842. The molecule has 6 nitrogen and oxygen atoms in total. The first-order chi connectivity index (χ1) is 10.1. The molecule has 7 heteroatoms. The minimum Gasteiger partial charge on any atom is -0.384 e. The van der Waals surface area contributed by atoms with E-state index < -0.39 is 6.04 Å². The second-order valence-electron chi connectivity index (χ2n) is 4.20. The van der Waals surface area contributed by atoms with E-state index in [1.807, 2.05) is 0 Å². The van der Waals surface area contributed by atoms with Crippen molar-refractivity contribution in [3.8, 4) is 11.8 Å². The summed E-state index contributed by atoms with van der Waals surface area (Å²) in [7, 11) is 0. The van der Waals surface area contributed by atoms with E-state index >= 15 is 0 Å². The van der Waals surface area contributed by atoms with Crippen LogP contribution in [0.2, 0.25) is 5.02 Å². The van der Waals surface area contributed by atoms with E-state index in [4.69, 9.17) is 16.7 Å². The van der Waals surface area contributed by atoms with E-state index in [1.165, 1.54) is 17.3 Å². The van der Waals surface area contributed by atoms with Crippen LogP contribution in [0.3, 0.4) is 0 Å². The number of benzene rings is 1. The Labute approximate surface area is 126 Å². The van der Waals surface area contributed by atoms with Crippen LogP contribution in [0.1, 0.15) is 18.5 Å². The average molecular weight is 305 g/mol. The lowest BCUT2D eigenvalue weighted by Gasteiger charge is -2.13. The van der Waals surface area contributed by atoms with E-state index in [2.05, 4.69) is 27.2 Å². The van der Waals surface area contributed by atoms with Gasteiger partial charge in [0.2, 0.25) is 5.91 Å². The topological polar surface area (TPSA) is 80.0 Å². The molecule has 1 atom stereocenters. The molecule has 2 aromatic rings. The maximum atomic E-state index is 12.2. The van der Waals surface area contributed by atoms with Gasteiger partial charge in [-0.25, -0.2) is 9.67 Å². The summed E-state index contributed by atoms with van der Waals surface area (Å²) in [6.07, 6.45) is 2.83. The minimum absolute atomic E-state index is 0.229. The molecule has 1 aromatic heterocycles.